The van der Waals surface area contributed by atoms with Crippen LogP contribution in [0, 0.1) is 0 Å². The molecule has 0 aliphatic rings. The van der Waals surface area contributed by atoms with Gasteiger partial charge in [0, 0.05) is 16.7 Å². The van der Waals surface area contributed by atoms with Crippen molar-refractivity contribution in [2.24, 2.45) is 0 Å². The van der Waals surface area contributed by atoms with E-state index in [1.165, 1.54) is 48.6 Å². The van der Waals surface area contributed by atoms with E-state index in [9.17, 15) is 0 Å². The van der Waals surface area contributed by atoms with Crippen LogP contribution in [0.25, 0.3) is 89.5 Å². The van der Waals surface area contributed by atoms with Crippen molar-refractivity contribution in [3.8, 4) is 89.5 Å². The lowest BCUT2D eigenvalue weighted by Crippen LogP contribution is -2.74. The van der Waals surface area contributed by atoms with Crippen molar-refractivity contribution in [3.63, 3.8) is 0 Å². The van der Waals surface area contributed by atoms with E-state index in [0.717, 1.165) is 55.9 Å². The Balaban J connectivity index is 1.05. The Morgan fingerprint density at radius 3 is 1.05 bits per heavy atom. The molecule has 3 heteroatoms. The van der Waals surface area contributed by atoms with E-state index in [1.54, 1.807) is 0 Å². The molecule has 0 spiro atoms. The van der Waals surface area contributed by atoms with Crippen molar-refractivity contribution in [2.45, 2.75) is 0 Å². The van der Waals surface area contributed by atoms with Crippen LogP contribution in [0.1, 0.15) is 0 Å². The number of benzene rings is 11. The minimum absolute atomic E-state index is 0.700. The van der Waals surface area contributed by atoms with Gasteiger partial charge in [-0.05, 0) is 107 Å². The second kappa shape index (κ2) is 20.2. The molecule has 12 aromatic rings. The maximum absolute atomic E-state index is 5.19. The lowest BCUT2D eigenvalue weighted by atomic mass is 9.84. The Kier molecular flexibility index (Phi) is 12.4. The van der Waals surface area contributed by atoms with Crippen LogP contribution in [0.3, 0.4) is 0 Å². The third-order valence-corrected chi connectivity index (χ3v) is 18.8. The smallest absolute Gasteiger partial charge is 0.179 e. The van der Waals surface area contributed by atoms with Gasteiger partial charge in [0.2, 0.25) is 0 Å². The molecule has 0 radical (unpaired) electrons. The summed E-state index contributed by atoms with van der Waals surface area (Å²) in [5.74, 6) is 0.700. The van der Waals surface area contributed by atoms with Gasteiger partial charge in [0.15, 0.2) is 13.9 Å². The SMILES string of the molecule is c1ccc(-c2cc(-c3cccc(-c4cccc(-c5cc(-c6ccccc6)nc(-c6ccccc6)n5)c4)c3)c(-c3ccccc3)c(-c3cccc([Si](c4ccccc4)(c4ccccc4)c4ccccc4)c3)c2)cc1. The fraction of sp³-hybridized carbons (Fsp3) is 0. The summed E-state index contributed by atoms with van der Waals surface area (Å²) < 4.78 is 0. The number of hydrogen-bond acceptors (Lipinski definition) is 2. The minimum Gasteiger partial charge on any atom is -0.228 e. The first-order valence-electron chi connectivity index (χ1n) is 25.0. The summed E-state index contributed by atoms with van der Waals surface area (Å²) in [5, 5.41) is 5.37. The normalized spacial score (nSPS) is 11.3. The zero-order valence-corrected chi connectivity index (χ0v) is 41.3. The molecule has 0 saturated heterocycles. The molecule has 0 N–H and O–H groups in total. The highest BCUT2D eigenvalue weighted by molar-refractivity contribution is 7.19. The van der Waals surface area contributed by atoms with Gasteiger partial charge in [0.05, 0.1) is 11.4 Å². The van der Waals surface area contributed by atoms with Crippen molar-refractivity contribution in [2.75, 3.05) is 0 Å². The van der Waals surface area contributed by atoms with Crippen LogP contribution in [-0.4, -0.2) is 18.0 Å². The van der Waals surface area contributed by atoms with Gasteiger partial charge in [0.25, 0.3) is 0 Å². The Morgan fingerprint density at radius 1 is 0.205 bits per heavy atom. The van der Waals surface area contributed by atoms with E-state index in [-0.39, 0.29) is 0 Å². The third-order valence-electron chi connectivity index (χ3n) is 14.0. The summed E-state index contributed by atoms with van der Waals surface area (Å²) in [6.45, 7) is 0. The lowest BCUT2D eigenvalue weighted by molar-refractivity contribution is 1.18. The predicted molar refractivity (Wildman–Crippen MR) is 309 cm³/mol. The monoisotopic (exact) mass is 946 g/mol. The van der Waals surface area contributed by atoms with Crippen LogP contribution >= 0.6 is 0 Å². The van der Waals surface area contributed by atoms with Crippen LogP contribution in [-0.2, 0) is 0 Å². The van der Waals surface area contributed by atoms with E-state index in [2.05, 4.69) is 279 Å². The third kappa shape index (κ3) is 8.95. The summed E-state index contributed by atoms with van der Waals surface area (Å²) >= 11 is 0. The van der Waals surface area contributed by atoms with Gasteiger partial charge in [-0.25, -0.2) is 9.97 Å². The van der Waals surface area contributed by atoms with Crippen LogP contribution in [0.2, 0.25) is 0 Å². The van der Waals surface area contributed by atoms with Crippen LogP contribution < -0.4 is 20.7 Å². The van der Waals surface area contributed by atoms with E-state index in [0.29, 0.717) is 5.82 Å². The quantitative estimate of drug-likeness (QED) is 0.0901. The molecule has 12 rings (SSSR count). The number of hydrogen-bond donors (Lipinski definition) is 0. The van der Waals surface area contributed by atoms with E-state index in [1.807, 2.05) is 24.3 Å². The van der Waals surface area contributed by atoms with E-state index >= 15 is 0 Å². The predicted octanol–water partition coefficient (Wildman–Crippen LogP) is 15.2. The van der Waals surface area contributed by atoms with Crippen molar-refractivity contribution in [1.82, 2.24) is 9.97 Å². The molecule has 11 aromatic carbocycles. The second-order valence-electron chi connectivity index (χ2n) is 18.5. The topological polar surface area (TPSA) is 25.8 Å². The molecule has 0 aliphatic carbocycles. The van der Waals surface area contributed by atoms with Gasteiger partial charge >= 0.3 is 0 Å². The van der Waals surface area contributed by atoms with Crippen LogP contribution in [0.4, 0.5) is 0 Å². The minimum atomic E-state index is -2.84. The molecule has 0 fully saturated rings. The molecule has 0 bridgehead atoms. The van der Waals surface area contributed by atoms with Crippen LogP contribution in [0.15, 0.2) is 303 Å². The molecule has 0 amide bonds. The Bertz CT molecular complexity index is 3660. The van der Waals surface area contributed by atoms with Gasteiger partial charge in [-0.1, -0.05) is 273 Å². The Morgan fingerprint density at radius 2 is 0.548 bits per heavy atom. The molecule has 2 nitrogen and oxygen atoms in total. The van der Waals surface area contributed by atoms with Gasteiger partial charge < -0.3 is 0 Å². The summed E-state index contributed by atoms with van der Waals surface area (Å²) in [5.41, 5.74) is 16.4. The highest BCUT2D eigenvalue weighted by Crippen LogP contribution is 2.44. The standard InChI is InChI=1S/C70H50N2Si/c1-8-25-51(26-9-1)60-48-65(57-35-22-33-55(45-57)56-34-23-37-59(46-56)68-50-67(52-27-10-2-11-28-52)71-70(72-68)54-31-14-4-15-32-54)69(53-29-12-3-13-30-53)66(49-60)58-36-24-44-64(47-58)73(61-38-16-5-17-39-61,62-40-18-6-19-41-62)63-42-20-7-21-43-63/h1-50H. The van der Waals surface area contributed by atoms with Crippen molar-refractivity contribution >= 4 is 28.8 Å². The highest BCUT2D eigenvalue weighted by Gasteiger charge is 2.41. The molecule has 73 heavy (non-hydrogen) atoms. The Hall–Kier alpha value is -9.28. The first kappa shape index (κ1) is 44.9. The number of rotatable bonds is 12. The molecule has 344 valence electrons. The van der Waals surface area contributed by atoms with Gasteiger partial charge in [0.1, 0.15) is 0 Å². The fourth-order valence-corrected chi connectivity index (χ4v) is 15.4. The summed E-state index contributed by atoms with van der Waals surface area (Å²) in [6.07, 6.45) is 0. The average molecular weight is 947 g/mol. The summed E-state index contributed by atoms with van der Waals surface area (Å²) in [6, 6.07) is 110. The van der Waals surface area contributed by atoms with Crippen molar-refractivity contribution in [3.05, 3.63) is 303 Å². The maximum Gasteiger partial charge on any atom is 0.179 e. The molecule has 1 aromatic heterocycles. The van der Waals surface area contributed by atoms with Gasteiger partial charge in [-0.2, -0.15) is 0 Å². The van der Waals surface area contributed by atoms with Gasteiger partial charge in [-0.3, -0.25) is 0 Å². The summed E-state index contributed by atoms with van der Waals surface area (Å²) in [4.78, 5) is 10.3. The fourth-order valence-electron chi connectivity index (χ4n) is 10.6. The molecule has 0 unspecified atom stereocenters. The number of aromatic nitrogens is 2. The second-order valence-corrected chi connectivity index (χ2v) is 22.3. The van der Waals surface area contributed by atoms with Crippen molar-refractivity contribution < 1.29 is 0 Å². The average Bonchev–Trinajstić information content (AvgIpc) is 3.49. The molecular weight excluding hydrogens is 897 g/mol. The lowest BCUT2D eigenvalue weighted by Gasteiger charge is -2.34. The molecule has 0 saturated carbocycles. The zero-order chi connectivity index (χ0) is 48.8. The molecule has 1 heterocycles. The first-order valence-corrected chi connectivity index (χ1v) is 27.0. The molecular formula is C70H50N2Si. The van der Waals surface area contributed by atoms with Crippen LogP contribution in [0.5, 0.6) is 0 Å². The zero-order valence-electron chi connectivity index (χ0n) is 40.3. The molecule has 0 atom stereocenters. The van der Waals surface area contributed by atoms with E-state index in [4.69, 9.17) is 9.97 Å². The summed E-state index contributed by atoms with van der Waals surface area (Å²) in [7, 11) is -2.84. The van der Waals surface area contributed by atoms with Crippen molar-refractivity contribution in [1.29, 1.82) is 0 Å². The van der Waals surface area contributed by atoms with Gasteiger partial charge in [-0.15, -0.1) is 0 Å². The maximum atomic E-state index is 5.19. The largest absolute Gasteiger partial charge is 0.228 e. The van der Waals surface area contributed by atoms with E-state index < -0.39 is 8.07 Å². The first-order chi connectivity index (χ1) is 36.2. The number of nitrogens with zero attached hydrogens (tertiary/aromatic N) is 2. The molecule has 0 aliphatic heterocycles. The highest BCUT2D eigenvalue weighted by atomic mass is 28.3. The Labute approximate surface area is 429 Å².